The summed E-state index contributed by atoms with van der Waals surface area (Å²) in [6.45, 7) is 1.97. The van der Waals surface area contributed by atoms with Crippen LogP contribution >= 0.6 is 0 Å². The van der Waals surface area contributed by atoms with Gasteiger partial charge in [0.2, 0.25) is 5.91 Å². The maximum absolute atomic E-state index is 12.6. The molecule has 1 unspecified atom stereocenters. The van der Waals surface area contributed by atoms with Crippen molar-refractivity contribution in [2.75, 3.05) is 4.90 Å². The first-order valence-corrected chi connectivity index (χ1v) is 8.72. The molecule has 22 heavy (non-hydrogen) atoms. The summed E-state index contributed by atoms with van der Waals surface area (Å²) in [4.78, 5) is 14.4. The lowest BCUT2D eigenvalue weighted by molar-refractivity contribution is -0.118. The highest BCUT2D eigenvalue weighted by Crippen LogP contribution is 2.34. The van der Waals surface area contributed by atoms with Crippen LogP contribution in [0.4, 0.5) is 5.69 Å². The van der Waals surface area contributed by atoms with Gasteiger partial charge in [-0.1, -0.05) is 42.5 Å². The molecule has 0 aromatic heterocycles. The Morgan fingerprint density at radius 2 is 1.68 bits per heavy atom. The first-order chi connectivity index (χ1) is 10.5. The van der Waals surface area contributed by atoms with Crippen molar-refractivity contribution in [2.24, 2.45) is 0 Å². The van der Waals surface area contributed by atoms with Crippen LogP contribution in [0.15, 0.2) is 59.5 Å². The summed E-state index contributed by atoms with van der Waals surface area (Å²) in [7, 11) is -3.48. The van der Waals surface area contributed by atoms with Gasteiger partial charge in [0, 0.05) is 6.42 Å². The molecule has 114 valence electrons. The Morgan fingerprint density at radius 1 is 1.05 bits per heavy atom. The van der Waals surface area contributed by atoms with Gasteiger partial charge < -0.3 is 4.90 Å². The third-order valence-electron chi connectivity index (χ3n) is 3.94. The van der Waals surface area contributed by atoms with Crippen LogP contribution in [0.1, 0.15) is 18.9 Å². The second kappa shape index (κ2) is 5.57. The van der Waals surface area contributed by atoms with E-state index in [9.17, 15) is 13.2 Å². The van der Waals surface area contributed by atoms with E-state index in [1.807, 2.05) is 30.3 Å². The highest BCUT2D eigenvalue weighted by molar-refractivity contribution is 7.92. The fourth-order valence-corrected chi connectivity index (χ4v) is 4.21. The Labute approximate surface area is 130 Å². The largest absolute Gasteiger partial charge is 0.307 e. The van der Waals surface area contributed by atoms with Crippen molar-refractivity contribution in [3.63, 3.8) is 0 Å². The van der Waals surface area contributed by atoms with Crippen LogP contribution in [0, 0.1) is 0 Å². The van der Waals surface area contributed by atoms with Gasteiger partial charge in [-0.2, -0.15) is 0 Å². The monoisotopic (exact) mass is 315 g/mol. The van der Waals surface area contributed by atoms with Crippen LogP contribution in [0.5, 0.6) is 0 Å². The number of para-hydroxylation sites is 1. The second-order valence-electron chi connectivity index (χ2n) is 5.49. The minimum Gasteiger partial charge on any atom is -0.307 e. The molecule has 1 aliphatic heterocycles. The Bertz CT molecular complexity index is 800. The molecule has 0 saturated heterocycles. The normalized spacial score (nSPS) is 20.3. The number of carbonyl (C=O) groups is 1. The van der Waals surface area contributed by atoms with Gasteiger partial charge in [0.25, 0.3) is 0 Å². The molecule has 1 atom stereocenters. The average molecular weight is 315 g/mol. The number of anilines is 1. The topological polar surface area (TPSA) is 54.5 Å². The zero-order valence-electron chi connectivity index (χ0n) is 12.3. The van der Waals surface area contributed by atoms with E-state index < -0.39 is 15.1 Å². The lowest BCUT2D eigenvalue weighted by Gasteiger charge is -2.22. The molecule has 2 aromatic carbocycles. The number of carbonyl (C=O) groups excluding carboxylic acids is 1. The Morgan fingerprint density at radius 3 is 2.41 bits per heavy atom. The van der Waals surface area contributed by atoms with E-state index in [0.29, 0.717) is 12.2 Å². The molecule has 3 rings (SSSR count). The van der Waals surface area contributed by atoms with Crippen molar-refractivity contribution in [1.29, 1.82) is 0 Å². The van der Waals surface area contributed by atoms with Crippen molar-refractivity contribution >= 4 is 21.4 Å². The predicted octanol–water partition coefficient (Wildman–Crippen LogP) is 2.79. The zero-order valence-corrected chi connectivity index (χ0v) is 13.1. The summed E-state index contributed by atoms with van der Waals surface area (Å²) < 4.78 is 25.2. The third kappa shape index (κ3) is 2.52. The third-order valence-corrected chi connectivity index (χ3v) is 6.12. The van der Waals surface area contributed by atoms with E-state index in [2.05, 4.69) is 0 Å². The highest BCUT2D eigenvalue weighted by atomic mass is 32.2. The number of fused-ring (bicyclic) bond motifs is 1. The standard InChI is InChI=1S/C17H17NO3S/c1-13-11-17(19)18(12-14-7-3-2-4-8-14)15-9-5-6-10-16(15)22(13,20)21/h2-10,13H,11-12H2,1H3. The number of nitrogens with zero attached hydrogens (tertiary/aromatic N) is 1. The number of rotatable bonds is 2. The van der Waals surface area contributed by atoms with Gasteiger partial charge in [-0.25, -0.2) is 8.42 Å². The van der Waals surface area contributed by atoms with E-state index >= 15 is 0 Å². The van der Waals surface area contributed by atoms with Crippen molar-refractivity contribution in [3.05, 3.63) is 60.2 Å². The quantitative estimate of drug-likeness (QED) is 0.856. The lowest BCUT2D eigenvalue weighted by Crippen LogP contribution is -2.31. The first kappa shape index (κ1) is 14.8. The number of benzene rings is 2. The first-order valence-electron chi connectivity index (χ1n) is 7.17. The SMILES string of the molecule is CC1CC(=O)N(Cc2ccccc2)c2ccccc2S1(=O)=O. The van der Waals surface area contributed by atoms with Gasteiger partial charge in [-0.3, -0.25) is 4.79 Å². The van der Waals surface area contributed by atoms with E-state index in [-0.39, 0.29) is 17.2 Å². The van der Waals surface area contributed by atoms with Gasteiger partial charge in [-0.15, -0.1) is 0 Å². The van der Waals surface area contributed by atoms with Crippen LogP contribution in [0.3, 0.4) is 0 Å². The number of hydrogen-bond donors (Lipinski definition) is 0. The van der Waals surface area contributed by atoms with Crippen LogP contribution < -0.4 is 4.90 Å². The predicted molar refractivity (Wildman–Crippen MR) is 85.3 cm³/mol. The number of sulfone groups is 1. The summed E-state index contributed by atoms with van der Waals surface area (Å²) in [5, 5.41) is -0.707. The summed E-state index contributed by atoms with van der Waals surface area (Å²) in [5.74, 6) is -0.162. The van der Waals surface area contributed by atoms with Gasteiger partial charge in [0.1, 0.15) is 0 Å². The Hall–Kier alpha value is -2.14. The van der Waals surface area contributed by atoms with Crippen LogP contribution in [0.2, 0.25) is 0 Å². The maximum atomic E-state index is 12.6. The Balaban J connectivity index is 2.11. The van der Waals surface area contributed by atoms with Gasteiger partial charge in [0.05, 0.1) is 22.4 Å². The fraction of sp³-hybridized carbons (Fsp3) is 0.235. The molecule has 1 amide bonds. The highest BCUT2D eigenvalue weighted by Gasteiger charge is 2.35. The molecule has 2 aromatic rings. The Kier molecular flexibility index (Phi) is 3.74. The van der Waals surface area contributed by atoms with Crippen LogP contribution in [-0.2, 0) is 21.2 Å². The fourth-order valence-electron chi connectivity index (χ4n) is 2.68. The summed E-state index contributed by atoms with van der Waals surface area (Å²) >= 11 is 0. The van der Waals surface area contributed by atoms with Gasteiger partial charge >= 0.3 is 0 Å². The molecule has 1 heterocycles. The molecular formula is C17H17NO3S. The van der Waals surface area contributed by atoms with Crippen LogP contribution in [0.25, 0.3) is 0 Å². The van der Waals surface area contributed by atoms with Crippen LogP contribution in [-0.4, -0.2) is 19.6 Å². The molecule has 0 spiro atoms. The molecule has 0 N–H and O–H groups in total. The van der Waals surface area contributed by atoms with Crippen molar-refractivity contribution < 1.29 is 13.2 Å². The van der Waals surface area contributed by atoms with Crippen molar-refractivity contribution in [3.8, 4) is 0 Å². The van der Waals surface area contributed by atoms with Gasteiger partial charge in [-0.05, 0) is 24.6 Å². The lowest BCUT2D eigenvalue weighted by atomic mass is 10.1. The molecule has 0 aliphatic carbocycles. The molecule has 0 radical (unpaired) electrons. The van der Waals surface area contributed by atoms with E-state index in [4.69, 9.17) is 0 Å². The zero-order chi connectivity index (χ0) is 15.7. The van der Waals surface area contributed by atoms with Gasteiger partial charge in [0.15, 0.2) is 9.84 Å². The summed E-state index contributed by atoms with van der Waals surface area (Å²) in [6.07, 6.45) is 0.00382. The smallest absolute Gasteiger partial charge is 0.228 e. The maximum Gasteiger partial charge on any atom is 0.228 e. The van der Waals surface area contributed by atoms with E-state index in [1.54, 1.807) is 36.1 Å². The minimum absolute atomic E-state index is 0.00382. The average Bonchev–Trinajstić information content (AvgIpc) is 2.59. The van der Waals surface area contributed by atoms with Crippen molar-refractivity contribution in [1.82, 2.24) is 0 Å². The van der Waals surface area contributed by atoms with Crippen molar-refractivity contribution in [2.45, 2.75) is 30.0 Å². The second-order valence-corrected chi connectivity index (χ2v) is 7.83. The minimum atomic E-state index is -3.48. The molecule has 5 heteroatoms. The summed E-state index contributed by atoms with van der Waals surface area (Å²) in [5.41, 5.74) is 1.44. The molecule has 1 aliphatic rings. The number of hydrogen-bond acceptors (Lipinski definition) is 3. The van der Waals surface area contributed by atoms with E-state index in [0.717, 1.165) is 5.56 Å². The number of amides is 1. The molecule has 0 saturated carbocycles. The molecule has 4 nitrogen and oxygen atoms in total. The summed E-state index contributed by atoms with van der Waals surface area (Å²) in [6, 6.07) is 16.3. The molecular weight excluding hydrogens is 298 g/mol. The molecule has 0 bridgehead atoms. The molecule has 0 fully saturated rings. The van der Waals surface area contributed by atoms with E-state index in [1.165, 1.54) is 0 Å².